The minimum atomic E-state index is 0.639. The Morgan fingerprint density at radius 2 is 0.738 bits per heavy atom. The molecule has 0 N–H and O–H groups in total. The molecule has 10 aromatic carbocycles. The predicted octanol–water partition coefficient (Wildman–Crippen LogP) is 14.8. The number of para-hydroxylation sites is 2. The number of fused-ring (bicyclic) bond motifs is 9. The topological polar surface area (TPSA) is 43.6 Å². The molecule has 0 unspecified atom stereocenters. The lowest BCUT2D eigenvalue weighted by Crippen LogP contribution is -2.00. The maximum absolute atomic E-state index is 5.03. The molecule has 284 valence electrons. The van der Waals surface area contributed by atoms with Crippen molar-refractivity contribution in [3.05, 3.63) is 218 Å². The summed E-state index contributed by atoms with van der Waals surface area (Å²) in [4.78, 5) is 15.0. The van der Waals surface area contributed by atoms with E-state index >= 15 is 0 Å². The quantitative estimate of drug-likeness (QED) is 0.158. The Morgan fingerprint density at radius 1 is 0.262 bits per heavy atom. The Morgan fingerprint density at radius 3 is 1.46 bits per heavy atom. The molecule has 4 heteroatoms. The summed E-state index contributed by atoms with van der Waals surface area (Å²) in [6, 6.07) is 77.7. The summed E-state index contributed by atoms with van der Waals surface area (Å²) in [6.45, 7) is 0. The van der Waals surface area contributed by atoms with Crippen molar-refractivity contribution in [2.45, 2.75) is 0 Å². The first kappa shape index (κ1) is 34.8. The second-order valence-electron chi connectivity index (χ2n) is 15.6. The summed E-state index contributed by atoms with van der Waals surface area (Å²) < 4.78 is 2.38. The number of aromatic nitrogens is 4. The molecule has 2 heterocycles. The minimum absolute atomic E-state index is 0.639. The molecule has 0 fully saturated rings. The van der Waals surface area contributed by atoms with Crippen LogP contribution in [0.1, 0.15) is 0 Å². The Hall–Kier alpha value is -8.21. The second-order valence-corrected chi connectivity index (χ2v) is 15.6. The van der Waals surface area contributed by atoms with Crippen molar-refractivity contribution >= 4 is 54.1 Å². The third kappa shape index (κ3) is 5.88. The fourth-order valence-electron chi connectivity index (χ4n) is 9.20. The summed E-state index contributed by atoms with van der Waals surface area (Å²) >= 11 is 0. The van der Waals surface area contributed by atoms with Crippen LogP contribution in [0.5, 0.6) is 0 Å². The number of benzene rings is 10. The Balaban J connectivity index is 1.02. The van der Waals surface area contributed by atoms with Crippen LogP contribution in [0.25, 0.3) is 116 Å². The summed E-state index contributed by atoms with van der Waals surface area (Å²) in [7, 11) is 0. The summed E-state index contributed by atoms with van der Waals surface area (Å²) in [5.74, 6) is 1.94. The molecule has 0 radical (unpaired) electrons. The highest BCUT2D eigenvalue weighted by Crippen LogP contribution is 2.43. The number of rotatable bonds is 6. The van der Waals surface area contributed by atoms with E-state index < -0.39 is 0 Å². The Kier molecular flexibility index (Phi) is 8.13. The van der Waals surface area contributed by atoms with Crippen molar-refractivity contribution < 1.29 is 0 Å². The van der Waals surface area contributed by atoms with Gasteiger partial charge in [0.2, 0.25) is 0 Å². The zero-order valence-corrected chi connectivity index (χ0v) is 33.1. The fraction of sp³-hybridized carbons (Fsp3) is 0. The van der Waals surface area contributed by atoms with Gasteiger partial charge < -0.3 is 4.57 Å². The van der Waals surface area contributed by atoms with Gasteiger partial charge in [-0.1, -0.05) is 176 Å². The Labute approximate surface area is 352 Å². The van der Waals surface area contributed by atoms with Gasteiger partial charge in [0.1, 0.15) is 0 Å². The summed E-state index contributed by atoms with van der Waals surface area (Å²) in [5, 5.41) is 9.92. The van der Waals surface area contributed by atoms with Crippen LogP contribution in [-0.2, 0) is 0 Å². The van der Waals surface area contributed by atoms with E-state index in [1.165, 1.54) is 65.3 Å². The molecule has 0 saturated carbocycles. The summed E-state index contributed by atoms with van der Waals surface area (Å²) in [5.41, 5.74) is 11.0. The highest BCUT2D eigenvalue weighted by Gasteiger charge is 2.18. The van der Waals surface area contributed by atoms with Gasteiger partial charge in [0, 0.05) is 33.2 Å². The van der Waals surface area contributed by atoms with Crippen molar-refractivity contribution in [2.75, 3.05) is 0 Å². The standard InChI is InChI=1S/C57H36N4/c1-4-16-37(17-5-1)55-58-56(38-18-6-2-7-19-38)60-57(59-55)42-21-14-20-39(34-42)40-30-32-49-50(35-40)46-25-11-10-24-45(46)48-28-15-27-44(54(48)49)41-31-33-53-51(36-41)47-26-12-13-29-52(47)61(53)43-22-8-3-9-23-43/h1-36H. The largest absolute Gasteiger partial charge is 0.309 e. The molecular weight excluding hydrogens is 741 g/mol. The number of nitrogens with zero attached hydrogens (tertiary/aromatic N) is 4. The van der Waals surface area contributed by atoms with Gasteiger partial charge >= 0.3 is 0 Å². The van der Waals surface area contributed by atoms with Crippen LogP contribution >= 0.6 is 0 Å². The van der Waals surface area contributed by atoms with Gasteiger partial charge in [-0.25, -0.2) is 15.0 Å². The molecule has 61 heavy (non-hydrogen) atoms. The van der Waals surface area contributed by atoms with Gasteiger partial charge in [0.15, 0.2) is 17.5 Å². The van der Waals surface area contributed by atoms with Crippen LogP contribution in [0.4, 0.5) is 0 Å². The van der Waals surface area contributed by atoms with Gasteiger partial charge in [-0.15, -0.1) is 0 Å². The first-order valence-corrected chi connectivity index (χ1v) is 20.7. The molecule has 0 aliphatic rings. The fourth-order valence-corrected chi connectivity index (χ4v) is 9.20. The molecule has 0 aliphatic heterocycles. The highest BCUT2D eigenvalue weighted by molar-refractivity contribution is 6.29. The average Bonchev–Trinajstić information content (AvgIpc) is 3.68. The van der Waals surface area contributed by atoms with E-state index in [2.05, 4.69) is 162 Å². The van der Waals surface area contributed by atoms with Crippen molar-refractivity contribution in [2.24, 2.45) is 0 Å². The van der Waals surface area contributed by atoms with Gasteiger partial charge in [-0.3, -0.25) is 0 Å². The molecule has 0 saturated heterocycles. The molecule has 12 aromatic rings. The molecule has 0 aliphatic carbocycles. The molecular formula is C57H36N4. The van der Waals surface area contributed by atoms with Crippen LogP contribution < -0.4 is 0 Å². The van der Waals surface area contributed by atoms with Gasteiger partial charge in [0.25, 0.3) is 0 Å². The van der Waals surface area contributed by atoms with Crippen molar-refractivity contribution in [1.29, 1.82) is 0 Å². The van der Waals surface area contributed by atoms with Crippen molar-refractivity contribution in [3.63, 3.8) is 0 Å². The van der Waals surface area contributed by atoms with E-state index in [1.807, 2.05) is 60.7 Å². The lowest BCUT2D eigenvalue weighted by Gasteiger charge is -2.16. The van der Waals surface area contributed by atoms with Crippen LogP contribution in [-0.4, -0.2) is 19.5 Å². The van der Waals surface area contributed by atoms with E-state index in [0.29, 0.717) is 17.5 Å². The molecule has 4 nitrogen and oxygen atoms in total. The number of hydrogen-bond donors (Lipinski definition) is 0. The first-order valence-electron chi connectivity index (χ1n) is 20.7. The molecule has 0 atom stereocenters. The highest BCUT2D eigenvalue weighted by atomic mass is 15.0. The van der Waals surface area contributed by atoms with E-state index in [4.69, 9.17) is 15.0 Å². The smallest absolute Gasteiger partial charge is 0.164 e. The van der Waals surface area contributed by atoms with Crippen molar-refractivity contribution in [1.82, 2.24) is 19.5 Å². The molecule has 0 spiro atoms. The van der Waals surface area contributed by atoms with Crippen molar-refractivity contribution in [3.8, 4) is 62.1 Å². The van der Waals surface area contributed by atoms with Crippen LogP contribution in [0.3, 0.4) is 0 Å². The zero-order chi connectivity index (χ0) is 40.3. The normalized spacial score (nSPS) is 11.6. The molecule has 0 bridgehead atoms. The first-order chi connectivity index (χ1) is 30.2. The maximum Gasteiger partial charge on any atom is 0.164 e. The van der Waals surface area contributed by atoms with E-state index in [0.717, 1.165) is 33.5 Å². The van der Waals surface area contributed by atoms with Crippen LogP contribution in [0, 0.1) is 0 Å². The molecule has 2 aromatic heterocycles. The van der Waals surface area contributed by atoms with E-state index in [-0.39, 0.29) is 0 Å². The average molecular weight is 777 g/mol. The lowest BCUT2D eigenvalue weighted by molar-refractivity contribution is 1.07. The third-order valence-electron chi connectivity index (χ3n) is 12.0. The van der Waals surface area contributed by atoms with E-state index in [1.54, 1.807) is 0 Å². The Bertz CT molecular complexity index is 3570. The molecule has 12 rings (SSSR count). The van der Waals surface area contributed by atoms with Gasteiger partial charge in [-0.05, 0) is 97.0 Å². The summed E-state index contributed by atoms with van der Waals surface area (Å²) in [6.07, 6.45) is 0. The van der Waals surface area contributed by atoms with Gasteiger partial charge in [0.05, 0.1) is 11.0 Å². The predicted molar refractivity (Wildman–Crippen MR) is 254 cm³/mol. The van der Waals surface area contributed by atoms with Crippen LogP contribution in [0.15, 0.2) is 218 Å². The SMILES string of the molecule is c1ccc(-c2nc(-c3ccccc3)nc(-c3cccc(-c4ccc5c(c4)c4ccccc4c4cccc(-c6ccc7c(c6)c6ccccc6n7-c6ccccc6)c45)c3)n2)cc1. The third-order valence-corrected chi connectivity index (χ3v) is 12.0. The number of hydrogen-bond acceptors (Lipinski definition) is 3. The monoisotopic (exact) mass is 776 g/mol. The lowest BCUT2D eigenvalue weighted by atomic mass is 9.88. The zero-order valence-electron chi connectivity index (χ0n) is 33.1. The molecule has 0 amide bonds. The van der Waals surface area contributed by atoms with E-state index in [9.17, 15) is 0 Å². The van der Waals surface area contributed by atoms with Crippen LogP contribution in [0.2, 0.25) is 0 Å². The maximum atomic E-state index is 5.03. The minimum Gasteiger partial charge on any atom is -0.309 e. The van der Waals surface area contributed by atoms with Gasteiger partial charge in [-0.2, -0.15) is 0 Å². The second kappa shape index (κ2) is 14.3.